The first-order valence-electron chi connectivity index (χ1n) is 24.4. The predicted molar refractivity (Wildman–Crippen MR) is 255 cm³/mol. The molecule has 0 amide bonds. The van der Waals surface area contributed by atoms with Crippen LogP contribution in [-0.2, 0) is 57.0 Å². The second kappa shape index (κ2) is 23.9. The van der Waals surface area contributed by atoms with E-state index in [0.717, 1.165) is 0 Å². The van der Waals surface area contributed by atoms with E-state index >= 15 is 0 Å². The van der Waals surface area contributed by atoms with E-state index in [2.05, 4.69) is 39.8 Å². The molecule has 0 aromatic carbocycles. The van der Waals surface area contributed by atoms with E-state index in [1.165, 1.54) is 13.0 Å². The number of rotatable bonds is 2. The van der Waals surface area contributed by atoms with Crippen molar-refractivity contribution in [2.24, 2.45) is 17.8 Å². The fourth-order valence-corrected chi connectivity index (χ4v) is 10.1. The summed E-state index contributed by atoms with van der Waals surface area (Å²) in [6.07, 6.45) is 29.8. The average molecular weight is 923 g/mol. The summed E-state index contributed by atoms with van der Waals surface area (Å²) >= 11 is 0. The molecule has 66 heavy (non-hydrogen) atoms. The standard InChI is InChI=1S/C54H82O12/c1-36(2)50-37(3)27-28-40-29-41(60-51(6,7)59-40)30-42-31-43(62-52(8,9)61-42)32-44-33-45(64-53(10,11)63-44)34-46-35-48(66-54(12,13)65-46)38(4)47(57-39(5)55)25-23-21-19-17-15-14-16-18-20-22-24-26-49(56)58-50/h14-24,26-28,36-38,40-48,50H,25,29-35H2,1-13H3/b15-14+,18-16+,19-17+,22-20+,23-21+,26-24+,28-27+/t37-,38-,40-,41-,42-,43+,44-,45+,46+,47-,48+,50-/m0/s1. The summed E-state index contributed by atoms with van der Waals surface area (Å²) in [6.45, 7) is 25.4. The minimum atomic E-state index is -0.845. The van der Waals surface area contributed by atoms with Gasteiger partial charge in [-0.25, -0.2) is 4.79 Å². The summed E-state index contributed by atoms with van der Waals surface area (Å²) in [5.41, 5.74) is 0. The van der Waals surface area contributed by atoms with Gasteiger partial charge >= 0.3 is 11.9 Å². The van der Waals surface area contributed by atoms with Crippen molar-refractivity contribution >= 4 is 11.9 Å². The number of cyclic esters (lactones) is 1. The summed E-state index contributed by atoms with van der Waals surface area (Å²) in [4.78, 5) is 25.2. The minimum absolute atomic E-state index is 0.0476. The smallest absolute Gasteiger partial charge is 0.331 e. The molecular formula is C54H82O12. The van der Waals surface area contributed by atoms with Crippen LogP contribution in [0.2, 0.25) is 0 Å². The Hall–Kier alpha value is -3.20. The fourth-order valence-electron chi connectivity index (χ4n) is 10.1. The Morgan fingerprint density at radius 2 is 0.970 bits per heavy atom. The second-order valence-corrected chi connectivity index (χ2v) is 21.0. The molecule has 8 bridgehead atoms. The molecule has 5 aliphatic rings. The molecule has 5 aliphatic heterocycles. The summed E-state index contributed by atoms with van der Waals surface area (Å²) in [5.74, 6) is -4.03. The highest BCUT2D eigenvalue weighted by Gasteiger charge is 2.46. The summed E-state index contributed by atoms with van der Waals surface area (Å²) in [7, 11) is 0. The molecule has 0 aliphatic carbocycles. The maximum absolute atomic E-state index is 12.9. The van der Waals surface area contributed by atoms with Crippen molar-refractivity contribution in [2.75, 3.05) is 0 Å². The van der Waals surface area contributed by atoms with Gasteiger partial charge in [-0.1, -0.05) is 107 Å². The third-order valence-electron chi connectivity index (χ3n) is 12.5. The number of fused-ring (bicyclic) bond motifs is 8. The second-order valence-electron chi connectivity index (χ2n) is 21.0. The molecule has 0 aromatic rings. The maximum atomic E-state index is 12.9. The van der Waals surface area contributed by atoms with Gasteiger partial charge in [-0.3, -0.25) is 4.79 Å². The molecule has 0 N–H and O–H groups in total. The number of hydrogen-bond donors (Lipinski definition) is 0. The van der Waals surface area contributed by atoms with Gasteiger partial charge in [0.2, 0.25) is 0 Å². The Labute approximate surface area is 396 Å². The third kappa shape index (κ3) is 18.0. The molecule has 5 heterocycles. The first-order chi connectivity index (χ1) is 31.0. The molecule has 0 radical (unpaired) electrons. The van der Waals surface area contributed by atoms with Crippen molar-refractivity contribution in [3.05, 3.63) is 85.1 Å². The van der Waals surface area contributed by atoms with Crippen molar-refractivity contribution in [1.82, 2.24) is 0 Å². The molecule has 5 rings (SSSR count). The quantitative estimate of drug-likeness (QED) is 0.193. The number of carbonyl (C=O) groups is 2. The van der Waals surface area contributed by atoms with Gasteiger partial charge in [0.25, 0.3) is 0 Å². The Bertz CT molecular complexity index is 1780. The van der Waals surface area contributed by atoms with Crippen LogP contribution >= 0.6 is 0 Å². The highest BCUT2D eigenvalue weighted by Crippen LogP contribution is 2.41. The van der Waals surface area contributed by atoms with E-state index in [4.69, 9.17) is 47.4 Å². The molecule has 0 aromatic heterocycles. The molecule has 0 unspecified atom stereocenters. The zero-order chi connectivity index (χ0) is 48.3. The molecule has 4 fully saturated rings. The lowest BCUT2D eigenvalue weighted by Gasteiger charge is -2.48. The fraction of sp³-hybridized carbons (Fsp3) is 0.704. The highest BCUT2D eigenvalue weighted by molar-refractivity contribution is 5.82. The molecule has 0 spiro atoms. The average Bonchev–Trinajstić information content (AvgIpc) is 3.17. The van der Waals surface area contributed by atoms with Gasteiger partial charge in [0.15, 0.2) is 23.1 Å². The van der Waals surface area contributed by atoms with Gasteiger partial charge in [0.1, 0.15) is 12.2 Å². The van der Waals surface area contributed by atoms with Gasteiger partial charge in [-0.2, -0.15) is 0 Å². The first-order valence-corrected chi connectivity index (χ1v) is 24.4. The summed E-state index contributed by atoms with van der Waals surface area (Å²) in [5, 5.41) is 0. The number of esters is 2. The van der Waals surface area contributed by atoms with Crippen LogP contribution < -0.4 is 0 Å². The Morgan fingerprint density at radius 1 is 0.561 bits per heavy atom. The van der Waals surface area contributed by atoms with Crippen LogP contribution in [0.1, 0.15) is 141 Å². The van der Waals surface area contributed by atoms with E-state index in [1.54, 1.807) is 12.2 Å². The lowest BCUT2D eigenvalue weighted by molar-refractivity contribution is -0.340. The van der Waals surface area contributed by atoms with Gasteiger partial charge in [0, 0.05) is 76.2 Å². The molecule has 370 valence electrons. The van der Waals surface area contributed by atoms with Crippen LogP contribution in [0.5, 0.6) is 0 Å². The van der Waals surface area contributed by atoms with Gasteiger partial charge < -0.3 is 47.4 Å². The van der Waals surface area contributed by atoms with Crippen molar-refractivity contribution in [2.45, 2.75) is 226 Å². The number of allylic oxidation sites excluding steroid dienone is 10. The molecule has 12 nitrogen and oxygen atoms in total. The van der Waals surface area contributed by atoms with E-state index in [-0.39, 0.29) is 90.7 Å². The molecular weight excluding hydrogens is 841 g/mol. The van der Waals surface area contributed by atoms with Gasteiger partial charge in [-0.05, 0) is 61.3 Å². The number of ether oxygens (including phenoxy) is 10. The SMILES string of the molecule is CC(=O)O[C@H]1C/C=C/C=C/C=C/C=C/C=C/C=C/C(=O)O[C@@H](C(C)C)[C@@H](C)/C=C/[C@H]2C[C@@H](C[C@H]3C[C@H](C[C@H]4C[C@H](C[C@@H]5C[C@@H](OC(C)(C)O5)[C@H]1C)OC(C)(C)O4)OC(C)(C)O3)OC(C)(C)O2. The van der Waals surface area contributed by atoms with Crippen LogP contribution in [0, 0.1) is 17.8 Å². The van der Waals surface area contributed by atoms with Crippen molar-refractivity contribution < 1.29 is 57.0 Å². The summed E-state index contributed by atoms with van der Waals surface area (Å²) < 4.78 is 64.2. The Morgan fingerprint density at radius 3 is 1.44 bits per heavy atom. The largest absolute Gasteiger partial charge is 0.462 e. The van der Waals surface area contributed by atoms with Crippen LogP contribution in [-0.4, -0.2) is 96.1 Å². The normalized spacial score (nSPS) is 40.3. The van der Waals surface area contributed by atoms with Crippen molar-refractivity contribution in [3.8, 4) is 0 Å². The van der Waals surface area contributed by atoms with Gasteiger partial charge in [0.05, 0.1) is 48.8 Å². The van der Waals surface area contributed by atoms with E-state index in [0.29, 0.717) is 51.4 Å². The van der Waals surface area contributed by atoms with Crippen molar-refractivity contribution in [1.29, 1.82) is 0 Å². The first kappa shape index (κ1) is 53.8. The zero-order valence-corrected chi connectivity index (χ0v) is 42.1. The monoisotopic (exact) mass is 923 g/mol. The highest BCUT2D eigenvalue weighted by atomic mass is 16.7. The van der Waals surface area contributed by atoms with Crippen LogP contribution in [0.25, 0.3) is 0 Å². The predicted octanol–water partition coefficient (Wildman–Crippen LogP) is 10.9. The Kier molecular flexibility index (Phi) is 19.5. The van der Waals surface area contributed by atoms with Crippen LogP contribution in [0.3, 0.4) is 0 Å². The maximum Gasteiger partial charge on any atom is 0.331 e. The van der Waals surface area contributed by atoms with E-state index in [9.17, 15) is 9.59 Å². The molecule has 12 atom stereocenters. The van der Waals surface area contributed by atoms with Crippen molar-refractivity contribution in [3.63, 3.8) is 0 Å². The van der Waals surface area contributed by atoms with Crippen LogP contribution in [0.15, 0.2) is 85.1 Å². The lowest BCUT2D eigenvalue weighted by Crippen LogP contribution is -2.52. The molecule has 4 saturated heterocycles. The lowest BCUT2D eigenvalue weighted by atomic mass is 9.88. The third-order valence-corrected chi connectivity index (χ3v) is 12.5. The minimum Gasteiger partial charge on any atom is -0.462 e. The number of hydrogen-bond acceptors (Lipinski definition) is 12. The van der Waals surface area contributed by atoms with Crippen LogP contribution in [0.4, 0.5) is 0 Å². The zero-order valence-electron chi connectivity index (χ0n) is 42.1. The Balaban J connectivity index is 1.36. The summed E-state index contributed by atoms with van der Waals surface area (Å²) in [6, 6.07) is 0. The topological polar surface area (TPSA) is 126 Å². The number of carbonyl (C=O) groups excluding carboxylic acids is 2. The van der Waals surface area contributed by atoms with E-state index in [1.807, 2.05) is 110 Å². The van der Waals surface area contributed by atoms with E-state index < -0.39 is 23.1 Å². The molecule has 0 saturated carbocycles. The molecule has 12 heteroatoms. The van der Waals surface area contributed by atoms with Gasteiger partial charge in [-0.15, -0.1) is 0 Å².